The fourth-order valence-corrected chi connectivity index (χ4v) is 2.34. The number of rotatable bonds is 3. The summed E-state index contributed by atoms with van der Waals surface area (Å²) in [7, 11) is 1.49. The molecular formula is C11H8F3NO2S. The molecule has 0 aliphatic carbocycles. The molecule has 96 valence electrons. The molecule has 3 nitrogen and oxygen atoms in total. The minimum absolute atomic E-state index is 0.153. The Morgan fingerprint density at radius 3 is 2.78 bits per heavy atom. The van der Waals surface area contributed by atoms with E-state index in [0.29, 0.717) is 11.3 Å². The summed E-state index contributed by atoms with van der Waals surface area (Å²) in [4.78, 5) is 14.8. The van der Waals surface area contributed by atoms with Crippen molar-refractivity contribution in [3.05, 3.63) is 23.2 Å². The first kappa shape index (κ1) is 12.8. The van der Waals surface area contributed by atoms with E-state index in [-0.39, 0.29) is 5.01 Å². The summed E-state index contributed by atoms with van der Waals surface area (Å²) in [6, 6.07) is 5.01. The normalized spacial score (nSPS) is 11.8. The maximum absolute atomic E-state index is 12.1. The van der Waals surface area contributed by atoms with E-state index in [2.05, 4.69) is 4.98 Å². The fraction of sp³-hybridized carbons (Fsp3) is 0.273. The maximum Gasteiger partial charge on any atom is 0.450 e. The Morgan fingerprint density at radius 2 is 2.17 bits per heavy atom. The summed E-state index contributed by atoms with van der Waals surface area (Å²) in [5.74, 6) is -1.21. The number of nitrogens with zero attached hydrogens (tertiary/aromatic N) is 1. The van der Waals surface area contributed by atoms with Crippen molar-refractivity contribution in [1.29, 1.82) is 0 Å². The Kier molecular flexibility index (Phi) is 3.25. The Hall–Kier alpha value is -1.63. The van der Waals surface area contributed by atoms with Gasteiger partial charge in [0.15, 0.2) is 0 Å². The zero-order chi connectivity index (χ0) is 13.3. The molecule has 2 aromatic rings. The molecule has 0 saturated heterocycles. The lowest BCUT2D eigenvalue weighted by atomic mass is 10.3. The number of alkyl halides is 3. The van der Waals surface area contributed by atoms with Crippen LogP contribution in [0.15, 0.2) is 18.2 Å². The number of hydrogen-bond acceptors (Lipinski definition) is 4. The summed E-state index contributed by atoms with van der Waals surface area (Å²) in [6.45, 7) is 0. The van der Waals surface area contributed by atoms with Crippen molar-refractivity contribution in [2.45, 2.75) is 12.6 Å². The average molecular weight is 275 g/mol. The lowest BCUT2D eigenvalue weighted by Crippen LogP contribution is -2.24. The standard InChI is InChI=1S/C11H8F3NO2S/c1-17-6-2-3-8-7(4-6)15-10(18-8)5-9(16)11(12,13)14/h2-4H,5H2,1H3. The van der Waals surface area contributed by atoms with Crippen molar-refractivity contribution in [2.24, 2.45) is 0 Å². The van der Waals surface area contributed by atoms with Crippen LogP contribution in [0.2, 0.25) is 0 Å². The third-order valence-electron chi connectivity index (χ3n) is 2.27. The lowest BCUT2D eigenvalue weighted by Gasteiger charge is -2.01. The molecule has 0 spiro atoms. The quantitative estimate of drug-likeness (QED) is 0.864. The molecule has 1 aromatic heterocycles. The van der Waals surface area contributed by atoms with E-state index in [4.69, 9.17) is 4.74 Å². The van der Waals surface area contributed by atoms with Crippen molar-refractivity contribution >= 4 is 27.3 Å². The van der Waals surface area contributed by atoms with E-state index in [0.717, 1.165) is 16.0 Å². The van der Waals surface area contributed by atoms with Crippen molar-refractivity contribution in [3.8, 4) is 5.75 Å². The highest BCUT2D eigenvalue weighted by Gasteiger charge is 2.38. The molecule has 0 aliphatic rings. The third kappa shape index (κ3) is 2.61. The van der Waals surface area contributed by atoms with Crippen LogP contribution in [0, 0.1) is 0 Å². The molecule has 0 fully saturated rings. The lowest BCUT2D eigenvalue weighted by molar-refractivity contribution is -0.170. The van der Waals surface area contributed by atoms with Crippen LogP contribution in [0.4, 0.5) is 13.2 Å². The largest absolute Gasteiger partial charge is 0.497 e. The summed E-state index contributed by atoms with van der Waals surface area (Å²) in [6.07, 6.45) is -5.53. The Labute approximate surface area is 104 Å². The SMILES string of the molecule is COc1ccc2sc(CC(=O)C(F)(F)F)nc2c1. The number of ketones is 1. The molecule has 18 heavy (non-hydrogen) atoms. The number of hydrogen-bond donors (Lipinski definition) is 0. The molecular weight excluding hydrogens is 267 g/mol. The Bertz CT molecular complexity index is 591. The van der Waals surface area contributed by atoms with Gasteiger partial charge in [0, 0.05) is 6.07 Å². The zero-order valence-electron chi connectivity index (χ0n) is 9.25. The van der Waals surface area contributed by atoms with Crippen molar-refractivity contribution in [2.75, 3.05) is 7.11 Å². The van der Waals surface area contributed by atoms with E-state index in [9.17, 15) is 18.0 Å². The van der Waals surface area contributed by atoms with Gasteiger partial charge in [0.05, 0.1) is 23.7 Å². The number of carbonyl (C=O) groups is 1. The van der Waals surface area contributed by atoms with Crippen LogP contribution in [-0.2, 0) is 11.2 Å². The minimum Gasteiger partial charge on any atom is -0.497 e. The van der Waals surface area contributed by atoms with Crippen LogP contribution in [0.25, 0.3) is 10.2 Å². The predicted octanol–water partition coefficient (Wildman–Crippen LogP) is 2.98. The molecule has 0 amide bonds. The van der Waals surface area contributed by atoms with E-state index < -0.39 is 18.4 Å². The molecule has 0 aliphatic heterocycles. The summed E-state index contributed by atoms with van der Waals surface area (Å²) >= 11 is 1.07. The van der Waals surface area contributed by atoms with E-state index in [1.54, 1.807) is 18.2 Å². The molecule has 1 heterocycles. The second-order valence-corrected chi connectivity index (χ2v) is 4.65. The van der Waals surface area contributed by atoms with Gasteiger partial charge in [-0.2, -0.15) is 13.2 Å². The van der Waals surface area contributed by atoms with Gasteiger partial charge in [-0.25, -0.2) is 4.98 Å². The van der Waals surface area contributed by atoms with Gasteiger partial charge in [-0.05, 0) is 12.1 Å². The van der Waals surface area contributed by atoms with Gasteiger partial charge in [-0.15, -0.1) is 11.3 Å². The molecule has 0 unspecified atom stereocenters. The summed E-state index contributed by atoms with van der Waals surface area (Å²) < 4.78 is 42.1. The summed E-state index contributed by atoms with van der Waals surface area (Å²) in [5, 5.41) is 0.153. The highest BCUT2D eigenvalue weighted by molar-refractivity contribution is 7.18. The van der Waals surface area contributed by atoms with Crippen LogP contribution < -0.4 is 4.74 Å². The van der Waals surface area contributed by atoms with E-state index in [1.807, 2.05) is 0 Å². The number of ether oxygens (including phenoxy) is 1. The Morgan fingerprint density at radius 1 is 1.44 bits per heavy atom. The van der Waals surface area contributed by atoms with E-state index in [1.165, 1.54) is 7.11 Å². The molecule has 0 N–H and O–H groups in total. The average Bonchev–Trinajstić information content (AvgIpc) is 2.68. The first-order valence-electron chi connectivity index (χ1n) is 4.93. The number of carbonyl (C=O) groups excluding carboxylic acids is 1. The Balaban J connectivity index is 2.28. The maximum atomic E-state index is 12.1. The third-order valence-corrected chi connectivity index (χ3v) is 3.30. The number of methoxy groups -OCH3 is 1. The molecule has 2 rings (SSSR count). The zero-order valence-corrected chi connectivity index (χ0v) is 10.1. The topological polar surface area (TPSA) is 39.2 Å². The van der Waals surface area contributed by atoms with Crippen molar-refractivity contribution < 1.29 is 22.7 Å². The number of halogens is 3. The van der Waals surface area contributed by atoms with Gasteiger partial charge in [0.25, 0.3) is 0 Å². The number of thiazole rings is 1. The second kappa shape index (κ2) is 4.56. The van der Waals surface area contributed by atoms with Crippen LogP contribution in [0.3, 0.4) is 0 Å². The first-order valence-corrected chi connectivity index (χ1v) is 5.75. The van der Waals surface area contributed by atoms with Gasteiger partial charge in [-0.1, -0.05) is 0 Å². The molecule has 0 radical (unpaired) electrons. The van der Waals surface area contributed by atoms with Crippen molar-refractivity contribution in [1.82, 2.24) is 4.98 Å². The first-order chi connectivity index (χ1) is 8.40. The number of aromatic nitrogens is 1. The van der Waals surface area contributed by atoms with Gasteiger partial charge >= 0.3 is 6.18 Å². The van der Waals surface area contributed by atoms with Crippen molar-refractivity contribution in [3.63, 3.8) is 0 Å². The summed E-state index contributed by atoms with van der Waals surface area (Å²) in [5.41, 5.74) is 0.532. The van der Waals surface area contributed by atoms with Crippen LogP contribution in [0.5, 0.6) is 5.75 Å². The fourth-order valence-electron chi connectivity index (χ4n) is 1.40. The van der Waals surface area contributed by atoms with Crippen LogP contribution in [-0.4, -0.2) is 24.1 Å². The molecule has 7 heteroatoms. The van der Waals surface area contributed by atoms with Gasteiger partial charge in [0.2, 0.25) is 5.78 Å². The smallest absolute Gasteiger partial charge is 0.450 e. The monoisotopic (exact) mass is 275 g/mol. The van der Waals surface area contributed by atoms with Gasteiger partial charge in [-0.3, -0.25) is 4.79 Å². The van der Waals surface area contributed by atoms with Gasteiger partial charge < -0.3 is 4.74 Å². The number of fused-ring (bicyclic) bond motifs is 1. The van der Waals surface area contributed by atoms with E-state index >= 15 is 0 Å². The second-order valence-electron chi connectivity index (χ2n) is 3.54. The molecule has 0 saturated carbocycles. The highest BCUT2D eigenvalue weighted by atomic mass is 32.1. The molecule has 1 aromatic carbocycles. The van der Waals surface area contributed by atoms with Crippen LogP contribution in [0.1, 0.15) is 5.01 Å². The molecule has 0 atom stereocenters. The van der Waals surface area contributed by atoms with Gasteiger partial charge in [0.1, 0.15) is 10.8 Å². The number of benzene rings is 1. The minimum atomic E-state index is -4.81. The molecule has 0 bridgehead atoms. The van der Waals surface area contributed by atoms with Crippen LogP contribution >= 0.6 is 11.3 Å². The number of Topliss-reactive ketones (excluding diaryl/α,β-unsaturated/α-hetero) is 1. The predicted molar refractivity (Wildman–Crippen MR) is 60.9 cm³/mol. The highest BCUT2D eigenvalue weighted by Crippen LogP contribution is 2.27.